The quantitative estimate of drug-likeness (QED) is 0.517. The molecule has 0 aromatic carbocycles. The number of urea groups is 1. The summed E-state index contributed by atoms with van der Waals surface area (Å²) in [6, 6.07) is -0.443. The maximum atomic E-state index is 9.87. The Balaban J connectivity index is 0. The lowest BCUT2D eigenvalue weighted by atomic mass is 10.5. The molecule has 9 heavy (non-hydrogen) atoms. The van der Waals surface area contributed by atoms with Gasteiger partial charge in [0.25, 0.3) is 0 Å². The first-order chi connectivity index (χ1) is 4.27. The SMILES string of the molecule is C#C.CCCNC(N)=O. The summed E-state index contributed by atoms with van der Waals surface area (Å²) in [5.41, 5.74) is 4.73. The highest BCUT2D eigenvalue weighted by Crippen LogP contribution is 1.66. The molecule has 52 valence electrons. The first-order valence-electron chi connectivity index (χ1n) is 2.64. The first kappa shape index (κ1) is 10.7. The predicted octanol–water partition coefficient (Wildman–Crippen LogP) is 0.314. The Labute approximate surface area is 55.6 Å². The van der Waals surface area contributed by atoms with Gasteiger partial charge < -0.3 is 11.1 Å². The number of amides is 2. The van der Waals surface area contributed by atoms with Gasteiger partial charge in [0.2, 0.25) is 0 Å². The van der Waals surface area contributed by atoms with Crippen LogP contribution in [0.15, 0.2) is 0 Å². The van der Waals surface area contributed by atoms with Crippen LogP contribution in [0.4, 0.5) is 4.79 Å². The summed E-state index contributed by atoms with van der Waals surface area (Å²) >= 11 is 0. The van der Waals surface area contributed by atoms with Crippen molar-refractivity contribution in [2.24, 2.45) is 5.73 Å². The summed E-state index contributed by atoms with van der Waals surface area (Å²) in [4.78, 5) is 9.87. The Bertz CT molecular complexity index is 88.3. The molecule has 0 saturated heterocycles. The number of nitrogens with two attached hydrogens (primary N) is 1. The number of hydrogen-bond donors (Lipinski definition) is 2. The fraction of sp³-hybridized carbons (Fsp3) is 0.500. The van der Waals surface area contributed by atoms with Crippen molar-refractivity contribution in [1.82, 2.24) is 5.32 Å². The predicted molar refractivity (Wildman–Crippen MR) is 37.8 cm³/mol. The van der Waals surface area contributed by atoms with Crippen molar-refractivity contribution < 1.29 is 4.79 Å². The van der Waals surface area contributed by atoms with Crippen LogP contribution in [0.5, 0.6) is 0 Å². The molecule has 0 rings (SSSR count). The normalized spacial score (nSPS) is 6.56. The van der Waals surface area contributed by atoms with Crippen molar-refractivity contribution >= 4 is 6.03 Å². The largest absolute Gasteiger partial charge is 0.352 e. The zero-order chi connectivity index (χ0) is 7.70. The summed E-state index contributed by atoms with van der Waals surface area (Å²) < 4.78 is 0. The maximum absolute atomic E-state index is 9.87. The summed E-state index contributed by atoms with van der Waals surface area (Å²) in [7, 11) is 0. The van der Waals surface area contributed by atoms with Gasteiger partial charge in [-0.2, -0.15) is 0 Å². The molecule has 0 aromatic heterocycles. The van der Waals surface area contributed by atoms with E-state index in [1.807, 2.05) is 6.92 Å². The Morgan fingerprint density at radius 1 is 1.67 bits per heavy atom. The molecule has 0 fully saturated rings. The molecular formula is C6H12N2O. The van der Waals surface area contributed by atoms with Crippen LogP contribution < -0.4 is 11.1 Å². The van der Waals surface area contributed by atoms with E-state index in [0.717, 1.165) is 6.42 Å². The van der Waals surface area contributed by atoms with E-state index in [9.17, 15) is 4.79 Å². The molecule has 3 N–H and O–H groups in total. The summed E-state index contributed by atoms with van der Waals surface area (Å²) in [6.07, 6.45) is 8.93. The third-order valence-electron chi connectivity index (χ3n) is 0.549. The second-order valence-electron chi connectivity index (χ2n) is 1.29. The van der Waals surface area contributed by atoms with Gasteiger partial charge in [-0.15, -0.1) is 12.8 Å². The second-order valence-corrected chi connectivity index (χ2v) is 1.29. The number of carbonyl (C=O) groups is 1. The zero-order valence-electron chi connectivity index (χ0n) is 5.55. The minimum atomic E-state index is -0.443. The smallest absolute Gasteiger partial charge is 0.312 e. The summed E-state index contributed by atoms with van der Waals surface area (Å²) in [5.74, 6) is 0. The number of terminal acetylenes is 1. The van der Waals surface area contributed by atoms with E-state index in [4.69, 9.17) is 5.73 Å². The minimum absolute atomic E-state index is 0.443. The topological polar surface area (TPSA) is 55.1 Å². The average molecular weight is 128 g/mol. The lowest BCUT2D eigenvalue weighted by Gasteiger charge is -1.93. The van der Waals surface area contributed by atoms with Crippen molar-refractivity contribution in [3.63, 3.8) is 0 Å². The molecule has 0 aliphatic heterocycles. The molecule has 3 nitrogen and oxygen atoms in total. The Morgan fingerprint density at radius 3 is 2.22 bits per heavy atom. The Kier molecular flexibility index (Phi) is 11.9. The monoisotopic (exact) mass is 128 g/mol. The highest BCUT2D eigenvalue weighted by Gasteiger charge is 1.83. The number of nitrogens with one attached hydrogen (secondary N) is 1. The lowest BCUT2D eigenvalue weighted by molar-refractivity contribution is 0.249. The van der Waals surface area contributed by atoms with Crippen LogP contribution in [-0.2, 0) is 0 Å². The number of hydrogen-bond acceptors (Lipinski definition) is 1. The second kappa shape index (κ2) is 9.95. The van der Waals surface area contributed by atoms with Crippen LogP contribution in [0.25, 0.3) is 0 Å². The van der Waals surface area contributed by atoms with E-state index in [1.165, 1.54) is 0 Å². The standard InChI is InChI=1S/C4H10N2O.C2H2/c1-2-3-6-4(5)7;1-2/h2-3H2,1H3,(H3,5,6,7);1-2H. The van der Waals surface area contributed by atoms with Crippen LogP contribution in [0, 0.1) is 12.8 Å². The highest BCUT2D eigenvalue weighted by molar-refractivity contribution is 5.71. The van der Waals surface area contributed by atoms with Crippen molar-refractivity contribution in [2.45, 2.75) is 13.3 Å². The molecule has 0 bridgehead atoms. The third kappa shape index (κ3) is 19.9. The summed E-state index contributed by atoms with van der Waals surface area (Å²) in [6.45, 7) is 2.64. The van der Waals surface area contributed by atoms with Crippen molar-refractivity contribution in [1.29, 1.82) is 0 Å². The van der Waals surface area contributed by atoms with Gasteiger partial charge in [0.1, 0.15) is 0 Å². The molecule has 0 aliphatic rings. The van der Waals surface area contributed by atoms with Crippen LogP contribution >= 0.6 is 0 Å². The van der Waals surface area contributed by atoms with E-state index in [2.05, 4.69) is 18.2 Å². The molecule has 2 amide bonds. The van der Waals surface area contributed by atoms with Gasteiger partial charge in [0.15, 0.2) is 0 Å². The van der Waals surface area contributed by atoms with Crippen LogP contribution in [0.2, 0.25) is 0 Å². The molecule has 0 unspecified atom stereocenters. The molecule has 0 aliphatic carbocycles. The molecule has 3 heteroatoms. The van der Waals surface area contributed by atoms with E-state index in [0.29, 0.717) is 6.54 Å². The zero-order valence-corrected chi connectivity index (χ0v) is 5.55. The van der Waals surface area contributed by atoms with Gasteiger partial charge in [0.05, 0.1) is 0 Å². The van der Waals surface area contributed by atoms with Crippen LogP contribution in [0.3, 0.4) is 0 Å². The number of primary amides is 1. The fourth-order valence-electron chi connectivity index (χ4n) is 0.248. The lowest BCUT2D eigenvalue weighted by Crippen LogP contribution is -2.29. The molecule has 0 radical (unpaired) electrons. The Hall–Kier alpha value is -1.17. The molecule has 0 aromatic rings. The summed E-state index contributed by atoms with van der Waals surface area (Å²) in [5, 5.41) is 2.43. The van der Waals surface area contributed by atoms with Crippen molar-refractivity contribution in [3.05, 3.63) is 0 Å². The molecule has 0 heterocycles. The van der Waals surface area contributed by atoms with E-state index in [-0.39, 0.29) is 0 Å². The molecule has 0 atom stereocenters. The van der Waals surface area contributed by atoms with E-state index >= 15 is 0 Å². The Morgan fingerprint density at radius 2 is 2.11 bits per heavy atom. The fourth-order valence-corrected chi connectivity index (χ4v) is 0.248. The van der Waals surface area contributed by atoms with Gasteiger partial charge in [-0.1, -0.05) is 6.92 Å². The maximum Gasteiger partial charge on any atom is 0.312 e. The average Bonchev–Trinajstić information content (AvgIpc) is 1.88. The van der Waals surface area contributed by atoms with Gasteiger partial charge in [-0.25, -0.2) is 4.79 Å². The molecule has 0 saturated carbocycles. The van der Waals surface area contributed by atoms with Crippen LogP contribution in [0.1, 0.15) is 13.3 Å². The molecular weight excluding hydrogens is 116 g/mol. The van der Waals surface area contributed by atoms with Crippen molar-refractivity contribution in [2.75, 3.05) is 6.54 Å². The minimum Gasteiger partial charge on any atom is -0.352 e. The van der Waals surface area contributed by atoms with E-state index < -0.39 is 6.03 Å². The molecule has 0 spiro atoms. The van der Waals surface area contributed by atoms with Crippen LogP contribution in [-0.4, -0.2) is 12.6 Å². The van der Waals surface area contributed by atoms with Gasteiger partial charge in [-0.3, -0.25) is 0 Å². The van der Waals surface area contributed by atoms with Crippen molar-refractivity contribution in [3.8, 4) is 12.8 Å². The van der Waals surface area contributed by atoms with Gasteiger partial charge in [0, 0.05) is 6.54 Å². The van der Waals surface area contributed by atoms with Gasteiger partial charge in [-0.05, 0) is 6.42 Å². The third-order valence-corrected chi connectivity index (χ3v) is 0.549. The van der Waals surface area contributed by atoms with E-state index in [1.54, 1.807) is 0 Å². The number of rotatable bonds is 2. The first-order valence-corrected chi connectivity index (χ1v) is 2.64. The van der Waals surface area contributed by atoms with Gasteiger partial charge >= 0.3 is 6.03 Å². The number of carbonyl (C=O) groups excluding carboxylic acids is 1. The highest BCUT2D eigenvalue weighted by atomic mass is 16.2.